The molecule has 3 rings (SSSR count). The summed E-state index contributed by atoms with van der Waals surface area (Å²) in [7, 11) is 1.66. The van der Waals surface area contributed by atoms with E-state index in [1.165, 1.54) is 4.90 Å². The lowest BCUT2D eigenvalue weighted by Crippen LogP contribution is -2.42. The molecule has 34 heavy (non-hydrogen) atoms. The van der Waals surface area contributed by atoms with Crippen LogP contribution in [0.25, 0.3) is 5.69 Å². The zero-order valence-electron chi connectivity index (χ0n) is 19.0. The maximum Gasteiger partial charge on any atom is 0.238 e. The van der Waals surface area contributed by atoms with Crippen LogP contribution in [0, 0.1) is 17.5 Å². The van der Waals surface area contributed by atoms with Crippen LogP contribution >= 0.6 is 0 Å². The van der Waals surface area contributed by atoms with Crippen LogP contribution in [0.15, 0.2) is 54.9 Å². The zero-order valence-corrected chi connectivity index (χ0v) is 19.0. The molecular weight excluding hydrogens is 447 g/mol. The molecule has 2 aromatic carbocycles. The van der Waals surface area contributed by atoms with Crippen molar-refractivity contribution in [1.82, 2.24) is 19.6 Å². The number of benzene rings is 2. The molecule has 0 aliphatic carbocycles. The number of likely N-dealkylation sites (N-methyl/N-ethyl adjacent to an activating group) is 1. The fraction of sp³-hybridized carbons (Fsp3) is 0.292. The van der Waals surface area contributed by atoms with Crippen molar-refractivity contribution in [2.45, 2.75) is 19.9 Å². The van der Waals surface area contributed by atoms with Crippen LogP contribution < -0.4 is 5.32 Å². The highest BCUT2D eigenvalue weighted by Crippen LogP contribution is 2.19. The van der Waals surface area contributed by atoms with Crippen molar-refractivity contribution in [2.24, 2.45) is 0 Å². The van der Waals surface area contributed by atoms with Gasteiger partial charge in [-0.25, -0.2) is 17.9 Å². The fourth-order valence-electron chi connectivity index (χ4n) is 3.38. The summed E-state index contributed by atoms with van der Waals surface area (Å²) in [5.41, 5.74) is 1.29. The molecular formula is C24H26F3N5O2. The van der Waals surface area contributed by atoms with Gasteiger partial charge in [-0.2, -0.15) is 5.10 Å². The quantitative estimate of drug-likeness (QED) is 0.457. The van der Waals surface area contributed by atoms with Crippen LogP contribution in [-0.4, -0.2) is 58.1 Å². The van der Waals surface area contributed by atoms with Crippen molar-refractivity contribution in [3.63, 3.8) is 0 Å². The first kappa shape index (κ1) is 25.0. The minimum Gasteiger partial charge on any atom is -0.340 e. The van der Waals surface area contributed by atoms with Gasteiger partial charge >= 0.3 is 0 Å². The largest absolute Gasteiger partial charge is 0.340 e. The molecule has 0 aliphatic rings. The maximum absolute atomic E-state index is 13.8. The van der Waals surface area contributed by atoms with Gasteiger partial charge in [-0.05, 0) is 37.2 Å². The number of hydrogen-bond acceptors (Lipinski definition) is 4. The number of aromatic nitrogens is 2. The molecule has 0 radical (unpaired) electrons. The summed E-state index contributed by atoms with van der Waals surface area (Å²) in [5.74, 6) is -5.32. The highest BCUT2D eigenvalue weighted by atomic mass is 19.2. The number of nitrogens with one attached hydrogen (secondary N) is 1. The van der Waals surface area contributed by atoms with E-state index in [1.54, 1.807) is 22.8 Å². The lowest BCUT2D eigenvalue weighted by Gasteiger charge is -2.24. The van der Waals surface area contributed by atoms with Gasteiger partial charge in [-0.3, -0.25) is 14.5 Å². The van der Waals surface area contributed by atoms with Crippen LogP contribution in [0.1, 0.15) is 18.9 Å². The Balaban J connectivity index is 1.57. The van der Waals surface area contributed by atoms with Crippen molar-refractivity contribution < 1.29 is 22.8 Å². The lowest BCUT2D eigenvalue weighted by atomic mass is 10.2. The summed E-state index contributed by atoms with van der Waals surface area (Å²) < 4.78 is 42.0. The minimum absolute atomic E-state index is 0.0369. The van der Waals surface area contributed by atoms with Crippen LogP contribution in [0.2, 0.25) is 0 Å². The first-order chi connectivity index (χ1) is 16.3. The molecule has 0 aliphatic heterocycles. The number of carbonyl (C=O) groups excluding carboxylic acids is 2. The van der Waals surface area contributed by atoms with Gasteiger partial charge in [0.1, 0.15) is 0 Å². The van der Waals surface area contributed by atoms with Gasteiger partial charge in [0.2, 0.25) is 11.8 Å². The van der Waals surface area contributed by atoms with E-state index in [-0.39, 0.29) is 19.0 Å². The van der Waals surface area contributed by atoms with Crippen LogP contribution in [0.3, 0.4) is 0 Å². The van der Waals surface area contributed by atoms with E-state index in [0.717, 1.165) is 23.4 Å². The molecule has 0 saturated heterocycles. The summed E-state index contributed by atoms with van der Waals surface area (Å²) in [5, 5.41) is 6.55. The van der Waals surface area contributed by atoms with Crippen LogP contribution in [-0.2, 0) is 16.1 Å². The number of hydrogen-bond donors (Lipinski definition) is 1. The van der Waals surface area contributed by atoms with Gasteiger partial charge in [0.25, 0.3) is 0 Å². The highest BCUT2D eigenvalue weighted by molar-refractivity contribution is 5.92. The Labute approximate surface area is 195 Å². The van der Waals surface area contributed by atoms with Gasteiger partial charge < -0.3 is 10.2 Å². The Bertz CT molecular complexity index is 1140. The molecule has 0 spiro atoms. The van der Waals surface area contributed by atoms with E-state index in [0.29, 0.717) is 19.5 Å². The van der Waals surface area contributed by atoms with Gasteiger partial charge in [0.15, 0.2) is 17.5 Å². The monoisotopic (exact) mass is 473 g/mol. The Morgan fingerprint density at radius 3 is 2.47 bits per heavy atom. The summed E-state index contributed by atoms with van der Waals surface area (Å²) in [6.07, 6.45) is 4.20. The van der Waals surface area contributed by atoms with Crippen LogP contribution in [0.4, 0.5) is 18.9 Å². The third-order valence-corrected chi connectivity index (χ3v) is 5.08. The molecule has 1 heterocycles. The average Bonchev–Trinajstić information content (AvgIpc) is 3.28. The number of nitrogens with zero attached hydrogens (tertiary/aromatic N) is 4. The van der Waals surface area contributed by atoms with Gasteiger partial charge in [0.05, 0.1) is 30.7 Å². The molecule has 2 amide bonds. The predicted octanol–water partition coefficient (Wildman–Crippen LogP) is 3.60. The number of carbonyl (C=O) groups is 2. The second kappa shape index (κ2) is 11.5. The van der Waals surface area contributed by atoms with Crippen molar-refractivity contribution in [1.29, 1.82) is 0 Å². The lowest BCUT2D eigenvalue weighted by molar-refractivity contribution is -0.132. The van der Waals surface area contributed by atoms with E-state index >= 15 is 0 Å². The summed E-state index contributed by atoms with van der Waals surface area (Å²) in [4.78, 5) is 28.3. The minimum atomic E-state index is -1.66. The molecule has 0 atom stereocenters. The number of anilines is 1. The third-order valence-electron chi connectivity index (χ3n) is 5.08. The summed E-state index contributed by atoms with van der Waals surface area (Å²) >= 11 is 0. The molecule has 10 heteroatoms. The Morgan fingerprint density at radius 2 is 1.76 bits per heavy atom. The standard InChI is InChI=1S/C24H26F3N5O2/c1-3-11-31(15-21(33)29-20-10-9-19(25)23(26)24(20)27)16-22(34)30(2)13-17-12-28-32(14-17)18-7-5-4-6-8-18/h4-10,12,14H,3,11,13,15-16H2,1-2H3,(H,29,33). The van der Waals surface area contributed by atoms with E-state index in [1.807, 2.05) is 43.5 Å². The summed E-state index contributed by atoms with van der Waals surface area (Å²) in [6, 6.07) is 11.3. The van der Waals surface area contributed by atoms with Crippen molar-refractivity contribution in [3.05, 3.63) is 77.9 Å². The topological polar surface area (TPSA) is 70.5 Å². The molecule has 180 valence electrons. The summed E-state index contributed by atoms with van der Waals surface area (Å²) in [6.45, 7) is 2.42. The molecule has 3 aromatic rings. The average molecular weight is 473 g/mol. The molecule has 0 unspecified atom stereocenters. The number of rotatable bonds is 10. The number of para-hydroxylation sites is 1. The first-order valence-corrected chi connectivity index (χ1v) is 10.8. The molecule has 1 N–H and O–H groups in total. The van der Waals surface area contributed by atoms with Gasteiger partial charge in [-0.1, -0.05) is 25.1 Å². The van der Waals surface area contributed by atoms with Gasteiger partial charge in [-0.15, -0.1) is 0 Å². The smallest absolute Gasteiger partial charge is 0.238 e. The van der Waals surface area contributed by atoms with Crippen molar-refractivity contribution in [2.75, 3.05) is 32.0 Å². The zero-order chi connectivity index (χ0) is 24.7. The van der Waals surface area contributed by atoms with E-state index < -0.39 is 29.0 Å². The van der Waals surface area contributed by atoms with Crippen LogP contribution in [0.5, 0.6) is 0 Å². The first-order valence-electron chi connectivity index (χ1n) is 10.8. The second-order valence-corrected chi connectivity index (χ2v) is 7.86. The molecule has 0 bridgehead atoms. The van der Waals surface area contributed by atoms with E-state index in [2.05, 4.69) is 10.4 Å². The SMILES string of the molecule is CCCN(CC(=O)Nc1ccc(F)c(F)c1F)CC(=O)N(C)Cc1cnn(-c2ccccc2)c1. The number of halogens is 3. The second-order valence-electron chi connectivity index (χ2n) is 7.86. The normalized spacial score (nSPS) is 11.0. The van der Waals surface area contributed by atoms with Crippen molar-refractivity contribution in [3.8, 4) is 5.69 Å². The molecule has 0 saturated carbocycles. The fourth-order valence-corrected chi connectivity index (χ4v) is 3.38. The Hall–Kier alpha value is -3.66. The number of amides is 2. The van der Waals surface area contributed by atoms with Crippen molar-refractivity contribution >= 4 is 17.5 Å². The van der Waals surface area contributed by atoms with E-state index in [9.17, 15) is 22.8 Å². The Morgan fingerprint density at radius 1 is 1.03 bits per heavy atom. The molecule has 0 fully saturated rings. The predicted molar refractivity (Wildman–Crippen MR) is 122 cm³/mol. The van der Waals surface area contributed by atoms with E-state index in [4.69, 9.17) is 0 Å². The van der Waals surface area contributed by atoms with Gasteiger partial charge in [0, 0.05) is 25.4 Å². The molecule has 7 nitrogen and oxygen atoms in total. The third kappa shape index (κ3) is 6.44. The highest BCUT2D eigenvalue weighted by Gasteiger charge is 2.20. The Kier molecular flexibility index (Phi) is 8.42. The maximum atomic E-state index is 13.8. The molecule has 1 aromatic heterocycles.